The highest BCUT2D eigenvalue weighted by Gasteiger charge is 2.20. The number of sulfonamides is 1. The molecular weight excluding hydrogens is 282 g/mol. The number of rotatable bonds is 7. The lowest BCUT2D eigenvalue weighted by Gasteiger charge is -2.16. The summed E-state index contributed by atoms with van der Waals surface area (Å²) in [7, 11) is -0.745. The molecule has 0 atom stereocenters. The minimum Gasteiger partial charge on any atom is -0.490 e. The van der Waals surface area contributed by atoms with Gasteiger partial charge in [0.1, 0.15) is 12.4 Å². The topological polar surface area (TPSA) is 102 Å². The number of para-hydroxylation sites is 2. The van der Waals surface area contributed by atoms with Crippen molar-refractivity contribution in [3.8, 4) is 5.75 Å². The first-order valence-electron chi connectivity index (χ1n) is 5.98. The number of carbonyl (C=O) groups excluding carboxylic acids is 1. The average Bonchev–Trinajstić information content (AvgIpc) is 2.40. The van der Waals surface area contributed by atoms with Crippen LogP contribution in [0.4, 0.5) is 5.69 Å². The minimum absolute atomic E-state index is 0.0331. The average molecular weight is 301 g/mol. The molecule has 0 aliphatic carbocycles. The van der Waals surface area contributed by atoms with Crippen molar-refractivity contribution < 1.29 is 17.9 Å². The molecule has 112 valence electrons. The van der Waals surface area contributed by atoms with E-state index in [0.717, 1.165) is 4.31 Å². The van der Waals surface area contributed by atoms with E-state index >= 15 is 0 Å². The molecule has 0 bridgehead atoms. The van der Waals surface area contributed by atoms with Gasteiger partial charge >= 0.3 is 0 Å². The summed E-state index contributed by atoms with van der Waals surface area (Å²) in [5.41, 5.74) is 6.12. The third kappa shape index (κ3) is 4.71. The van der Waals surface area contributed by atoms with Gasteiger partial charge in [-0.3, -0.25) is 4.79 Å². The lowest BCUT2D eigenvalue weighted by atomic mass is 10.3. The van der Waals surface area contributed by atoms with E-state index in [0.29, 0.717) is 11.4 Å². The first-order valence-corrected chi connectivity index (χ1v) is 7.59. The summed E-state index contributed by atoms with van der Waals surface area (Å²) in [5.74, 6) is -0.157. The van der Waals surface area contributed by atoms with Crippen LogP contribution in [0.3, 0.4) is 0 Å². The van der Waals surface area contributed by atoms with E-state index < -0.39 is 10.0 Å². The Balaban J connectivity index is 2.52. The van der Waals surface area contributed by atoms with Gasteiger partial charge in [0.05, 0.1) is 18.0 Å². The molecule has 0 aliphatic rings. The number of likely N-dealkylation sites (N-methyl/N-ethyl adjacent to an activating group) is 2. The van der Waals surface area contributed by atoms with Gasteiger partial charge in [-0.15, -0.1) is 0 Å². The van der Waals surface area contributed by atoms with Crippen LogP contribution in [0.2, 0.25) is 0 Å². The molecule has 0 unspecified atom stereocenters. The fourth-order valence-corrected chi connectivity index (χ4v) is 2.32. The first kappa shape index (κ1) is 16.3. The number of benzene rings is 1. The smallest absolute Gasteiger partial charge is 0.235 e. The molecule has 1 amide bonds. The second kappa shape index (κ2) is 7.11. The number of nitrogens with one attached hydrogen (secondary N) is 1. The summed E-state index contributed by atoms with van der Waals surface area (Å²) >= 11 is 0. The maximum Gasteiger partial charge on any atom is 0.235 e. The zero-order valence-electron chi connectivity index (χ0n) is 11.5. The van der Waals surface area contributed by atoms with Crippen molar-refractivity contribution in [3.05, 3.63) is 24.3 Å². The second-order valence-electron chi connectivity index (χ2n) is 4.13. The summed E-state index contributed by atoms with van der Waals surface area (Å²) < 4.78 is 30.1. The molecule has 0 aliphatic heterocycles. The highest BCUT2D eigenvalue weighted by atomic mass is 32.2. The van der Waals surface area contributed by atoms with Crippen molar-refractivity contribution in [1.29, 1.82) is 0 Å². The molecule has 0 aromatic heterocycles. The number of nitrogens with two attached hydrogens (primary N) is 1. The molecule has 0 radical (unpaired) electrons. The van der Waals surface area contributed by atoms with Crippen LogP contribution >= 0.6 is 0 Å². The standard InChI is InChI=1S/C12H19N3O4S/c1-14-12(16)9-15(2)20(17,18)8-7-19-11-6-4-3-5-10(11)13/h3-6H,7-9,13H2,1-2H3,(H,14,16). The highest BCUT2D eigenvalue weighted by Crippen LogP contribution is 2.19. The first-order chi connectivity index (χ1) is 9.36. The zero-order chi connectivity index (χ0) is 15.2. The van der Waals surface area contributed by atoms with Gasteiger partial charge in [0.2, 0.25) is 15.9 Å². The van der Waals surface area contributed by atoms with Gasteiger partial charge < -0.3 is 15.8 Å². The fraction of sp³-hybridized carbons (Fsp3) is 0.417. The maximum absolute atomic E-state index is 11.9. The number of hydrogen-bond donors (Lipinski definition) is 2. The molecule has 0 fully saturated rings. The molecule has 7 nitrogen and oxygen atoms in total. The molecule has 1 aromatic carbocycles. The number of hydrogen-bond acceptors (Lipinski definition) is 5. The monoisotopic (exact) mass is 301 g/mol. The Kier molecular flexibility index (Phi) is 5.78. The van der Waals surface area contributed by atoms with E-state index in [2.05, 4.69) is 5.32 Å². The van der Waals surface area contributed by atoms with Crippen LogP contribution < -0.4 is 15.8 Å². The molecule has 8 heteroatoms. The van der Waals surface area contributed by atoms with E-state index in [9.17, 15) is 13.2 Å². The second-order valence-corrected chi connectivity index (χ2v) is 6.33. The van der Waals surface area contributed by atoms with E-state index in [1.54, 1.807) is 24.3 Å². The van der Waals surface area contributed by atoms with E-state index in [4.69, 9.17) is 10.5 Å². The molecular formula is C12H19N3O4S. The van der Waals surface area contributed by atoms with Crippen molar-refractivity contribution in [3.63, 3.8) is 0 Å². The Morgan fingerprint density at radius 3 is 2.65 bits per heavy atom. The summed E-state index contributed by atoms with van der Waals surface area (Å²) in [6.07, 6.45) is 0. The number of nitrogens with zero attached hydrogens (tertiary/aromatic N) is 1. The minimum atomic E-state index is -3.54. The van der Waals surface area contributed by atoms with Gasteiger partial charge in [0, 0.05) is 14.1 Å². The quantitative estimate of drug-likeness (QED) is 0.671. The molecule has 0 spiro atoms. The third-order valence-corrected chi connectivity index (χ3v) is 4.40. The Morgan fingerprint density at radius 1 is 1.40 bits per heavy atom. The van der Waals surface area contributed by atoms with Gasteiger partial charge in [0.15, 0.2) is 0 Å². The molecule has 20 heavy (non-hydrogen) atoms. The third-order valence-electron chi connectivity index (χ3n) is 2.64. The Labute approximate surface area is 118 Å². The van der Waals surface area contributed by atoms with Crippen LogP contribution in [0, 0.1) is 0 Å². The Bertz CT molecular complexity index is 560. The molecule has 1 aromatic rings. The van der Waals surface area contributed by atoms with Crippen molar-refractivity contribution in [1.82, 2.24) is 9.62 Å². The number of nitrogen functional groups attached to an aromatic ring is 1. The lowest BCUT2D eigenvalue weighted by Crippen LogP contribution is -2.39. The number of amides is 1. The van der Waals surface area contributed by atoms with Gasteiger partial charge in [-0.05, 0) is 12.1 Å². The van der Waals surface area contributed by atoms with E-state index in [1.807, 2.05) is 0 Å². The summed E-state index contributed by atoms with van der Waals surface area (Å²) in [6.45, 7) is -0.249. The van der Waals surface area contributed by atoms with Crippen LogP contribution in [0.15, 0.2) is 24.3 Å². The Hall–Kier alpha value is -1.80. The van der Waals surface area contributed by atoms with Crippen molar-refractivity contribution in [2.45, 2.75) is 0 Å². The number of carbonyl (C=O) groups is 1. The van der Waals surface area contributed by atoms with Crippen LogP contribution in [0.1, 0.15) is 0 Å². The van der Waals surface area contributed by atoms with Gasteiger partial charge in [-0.25, -0.2) is 8.42 Å². The lowest BCUT2D eigenvalue weighted by molar-refractivity contribution is -0.120. The van der Waals surface area contributed by atoms with Crippen molar-refractivity contribution in [2.24, 2.45) is 0 Å². The zero-order valence-corrected chi connectivity index (χ0v) is 12.3. The van der Waals surface area contributed by atoms with Crippen molar-refractivity contribution in [2.75, 3.05) is 38.7 Å². The molecule has 1 rings (SSSR count). The number of ether oxygens (including phenoxy) is 1. The Morgan fingerprint density at radius 2 is 2.05 bits per heavy atom. The van der Waals surface area contributed by atoms with Crippen LogP contribution in [-0.2, 0) is 14.8 Å². The van der Waals surface area contributed by atoms with Crippen LogP contribution in [-0.4, -0.2) is 51.6 Å². The molecule has 0 heterocycles. The summed E-state index contributed by atoms with van der Waals surface area (Å²) in [5, 5.41) is 2.36. The summed E-state index contributed by atoms with van der Waals surface area (Å²) in [6, 6.07) is 6.84. The van der Waals surface area contributed by atoms with Gasteiger partial charge in [-0.2, -0.15) is 4.31 Å². The normalized spacial score (nSPS) is 11.3. The molecule has 0 saturated heterocycles. The van der Waals surface area contributed by atoms with Gasteiger partial charge in [-0.1, -0.05) is 12.1 Å². The van der Waals surface area contributed by atoms with Crippen LogP contribution in [0.25, 0.3) is 0 Å². The highest BCUT2D eigenvalue weighted by molar-refractivity contribution is 7.89. The predicted molar refractivity (Wildman–Crippen MR) is 76.8 cm³/mol. The largest absolute Gasteiger partial charge is 0.490 e. The SMILES string of the molecule is CNC(=O)CN(C)S(=O)(=O)CCOc1ccccc1N. The molecule has 3 N–H and O–H groups in total. The van der Waals surface area contributed by atoms with Crippen LogP contribution in [0.5, 0.6) is 5.75 Å². The number of anilines is 1. The predicted octanol–water partition coefficient (Wildman–Crippen LogP) is -0.345. The van der Waals surface area contributed by atoms with E-state index in [-0.39, 0.29) is 24.8 Å². The fourth-order valence-electron chi connectivity index (χ4n) is 1.40. The molecule has 0 saturated carbocycles. The summed E-state index contributed by atoms with van der Waals surface area (Å²) in [4.78, 5) is 11.1. The maximum atomic E-state index is 11.9. The van der Waals surface area contributed by atoms with Gasteiger partial charge in [0.25, 0.3) is 0 Å². The van der Waals surface area contributed by atoms with E-state index in [1.165, 1.54) is 14.1 Å². The van der Waals surface area contributed by atoms with Crippen molar-refractivity contribution >= 4 is 21.6 Å².